The maximum atomic E-state index is 12.4. The molecule has 0 aliphatic rings. The van der Waals surface area contributed by atoms with Crippen LogP contribution in [0.25, 0.3) is 0 Å². The third-order valence-corrected chi connectivity index (χ3v) is 5.55. The Morgan fingerprint density at radius 2 is 1.55 bits per heavy atom. The van der Waals surface area contributed by atoms with Crippen molar-refractivity contribution in [3.05, 3.63) is 76.0 Å². The first-order valence-corrected chi connectivity index (χ1v) is 11.1. The van der Waals surface area contributed by atoms with Crippen molar-refractivity contribution in [1.82, 2.24) is 10.6 Å². The fourth-order valence-electron chi connectivity index (χ4n) is 3.04. The van der Waals surface area contributed by atoms with Gasteiger partial charge in [-0.2, -0.15) is 0 Å². The molecule has 1 aromatic heterocycles. The van der Waals surface area contributed by atoms with Crippen molar-refractivity contribution in [2.24, 2.45) is 0 Å². The molecule has 3 N–H and O–H groups in total. The summed E-state index contributed by atoms with van der Waals surface area (Å²) in [6.45, 7) is 0.631. The van der Waals surface area contributed by atoms with Crippen molar-refractivity contribution in [2.75, 3.05) is 32.6 Å². The van der Waals surface area contributed by atoms with E-state index in [1.807, 2.05) is 11.4 Å². The first-order chi connectivity index (χ1) is 16.0. The topological polar surface area (TPSA) is 106 Å². The summed E-state index contributed by atoms with van der Waals surface area (Å²) in [7, 11) is 3.10. The Kier molecular flexibility index (Phi) is 8.43. The molecular weight excluding hydrogens is 442 g/mol. The van der Waals surface area contributed by atoms with Crippen molar-refractivity contribution >= 4 is 34.7 Å². The van der Waals surface area contributed by atoms with Crippen LogP contribution in [0.15, 0.2) is 60.0 Å². The van der Waals surface area contributed by atoms with Crippen LogP contribution in [0.4, 0.5) is 5.69 Å². The van der Waals surface area contributed by atoms with E-state index in [1.165, 1.54) is 11.3 Å². The zero-order valence-electron chi connectivity index (χ0n) is 18.3. The normalized spacial score (nSPS) is 10.2. The predicted octanol–water partition coefficient (Wildman–Crippen LogP) is 3.11. The Morgan fingerprint density at radius 1 is 0.848 bits per heavy atom. The fraction of sp³-hybridized carbons (Fsp3) is 0.208. The van der Waals surface area contributed by atoms with Gasteiger partial charge in [-0.3, -0.25) is 14.4 Å². The predicted molar refractivity (Wildman–Crippen MR) is 127 cm³/mol. The van der Waals surface area contributed by atoms with E-state index in [0.29, 0.717) is 40.7 Å². The number of rotatable bonds is 10. The molecule has 0 fully saturated rings. The molecule has 9 heteroatoms. The van der Waals surface area contributed by atoms with Crippen LogP contribution in [0.3, 0.4) is 0 Å². The summed E-state index contributed by atoms with van der Waals surface area (Å²) in [5.41, 5.74) is 1.82. The molecule has 0 saturated carbocycles. The number of thiophene rings is 1. The van der Waals surface area contributed by atoms with Crippen LogP contribution < -0.4 is 25.4 Å². The number of methoxy groups -OCH3 is 2. The highest BCUT2D eigenvalue weighted by molar-refractivity contribution is 7.12. The summed E-state index contributed by atoms with van der Waals surface area (Å²) < 4.78 is 10.5. The van der Waals surface area contributed by atoms with Gasteiger partial charge in [0.1, 0.15) is 0 Å². The second-order valence-corrected chi connectivity index (χ2v) is 7.93. The second-order valence-electron chi connectivity index (χ2n) is 6.98. The lowest BCUT2D eigenvalue weighted by molar-refractivity contribution is -0.115. The molecule has 2 aromatic carbocycles. The van der Waals surface area contributed by atoms with Crippen molar-refractivity contribution in [2.45, 2.75) is 6.42 Å². The molecule has 1 heterocycles. The Labute approximate surface area is 195 Å². The highest BCUT2D eigenvalue weighted by Crippen LogP contribution is 2.27. The molecule has 3 rings (SSSR count). The molecule has 172 valence electrons. The first-order valence-electron chi connectivity index (χ1n) is 10.2. The molecule has 33 heavy (non-hydrogen) atoms. The summed E-state index contributed by atoms with van der Waals surface area (Å²) in [5, 5.41) is 10.1. The van der Waals surface area contributed by atoms with Crippen molar-refractivity contribution in [3.8, 4) is 11.5 Å². The van der Waals surface area contributed by atoms with Gasteiger partial charge >= 0.3 is 0 Å². The quantitative estimate of drug-likeness (QED) is 0.398. The van der Waals surface area contributed by atoms with E-state index in [9.17, 15) is 14.4 Å². The minimum absolute atomic E-state index is 0.160. The average molecular weight is 468 g/mol. The minimum atomic E-state index is -0.261. The van der Waals surface area contributed by atoms with Gasteiger partial charge in [-0.1, -0.05) is 12.1 Å². The molecule has 3 aromatic rings. The van der Waals surface area contributed by atoms with Crippen LogP contribution in [0.2, 0.25) is 0 Å². The van der Waals surface area contributed by atoms with Gasteiger partial charge in [0.15, 0.2) is 11.5 Å². The van der Waals surface area contributed by atoms with E-state index in [2.05, 4.69) is 16.0 Å². The number of carbonyl (C=O) groups excluding carboxylic acids is 3. The number of amides is 3. The largest absolute Gasteiger partial charge is 0.493 e. The van der Waals surface area contributed by atoms with Gasteiger partial charge in [-0.05, 0) is 53.4 Å². The molecule has 0 radical (unpaired) electrons. The lowest BCUT2D eigenvalue weighted by atomic mass is 10.1. The van der Waals surface area contributed by atoms with Gasteiger partial charge in [-0.25, -0.2) is 0 Å². The van der Waals surface area contributed by atoms with Gasteiger partial charge < -0.3 is 25.4 Å². The molecule has 0 aliphatic heterocycles. The van der Waals surface area contributed by atoms with E-state index in [-0.39, 0.29) is 24.1 Å². The summed E-state index contributed by atoms with van der Waals surface area (Å²) in [4.78, 5) is 37.1. The smallest absolute Gasteiger partial charge is 0.261 e. The highest BCUT2D eigenvalue weighted by atomic mass is 32.1. The summed E-state index contributed by atoms with van der Waals surface area (Å²) in [5.74, 6) is 0.543. The molecule has 0 saturated heterocycles. The number of nitrogens with one attached hydrogen (secondary N) is 3. The van der Waals surface area contributed by atoms with Crippen LogP contribution in [-0.4, -0.2) is 45.0 Å². The van der Waals surface area contributed by atoms with E-state index in [0.717, 1.165) is 5.56 Å². The molecule has 0 bridgehead atoms. The van der Waals surface area contributed by atoms with Crippen LogP contribution in [0.1, 0.15) is 25.6 Å². The van der Waals surface area contributed by atoms with Crippen LogP contribution in [0.5, 0.6) is 11.5 Å². The van der Waals surface area contributed by atoms with Gasteiger partial charge in [0.25, 0.3) is 11.8 Å². The number of benzene rings is 2. The van der Waals surface area contributed by atoms with Crippen molar-refractivity contribution < 1.29 is 23.9 Å². The Morgan fingerprint density at radius 3 is 2.18 bits per heavy atom. The van der Waals surface area contributed by atoms with Crippen LogP contribution >= 0.6 is 11.3 Å². The van der Waals surface area contributed by atoms with Crippen molar-refractivity contribution in [3.63, 3.8) is 0 Å². The summed E-state index contributed by atoms with van der Waals surface area (Å²) >= 11 is 1.36. The van der Waals surface area contributed by atoms with Gasteiger partial charge in [0.2, 0.25) is 5.91 Å². The molecule has 3 amide bonds. The summed E-state index contributed by atoms with van der Waals surface area (Å²) in [6.07, 6.45) is 0.166. The molecule has 0 atom stereocenters. The number of hydrogen-bond acceptors (Lipinski definition) is 6. The molecular formula is C24H25N3O5S. The Hall–Kier alpha value is -3.85. The second kappa shape index (κ2) is 11.7. The lowest BCUT2D eigenvalue weighted by Gasteiger charge is -2.10. The third kappa shape index (κ3) is 6.81. The zero-order valence-corrected chi connectivity index (χ0v) is 19.2. The maximum Gasteiger partial charge on any atom is 0.261 e. The van der Waals surface area contributed by atoms with Crippen LogP contribution in [-0.2, 0) is 11.2 Å². The number of carbonyl (C=O) groups is 3. The standard InChI is InChI=1S/C24H25N3O5S/c1-31-19-10-5-16(14-20(19)32-2)15-22(28)27-18-8-6-17(7-9-18)23(29)25-11-12-26-24(30)21-4-3-13-33-21/h3-10,13-14H,11-12,15H2,1-2H3,(H,25,29)(H,26,30)(H,27,28). The molecule has 0 aliphatic carbocycles. The molecule has 0 spiro atoms. The zero-order chi connectivity index (χ0) is 23.6. The van der Waals surface area contributed by atoms with E-state index in [1.54, 1.807) is 62.8 Å². The van der Waals surface area contributed by atoms with Gasteiger partial charge in [0.05, 0.1) is 25.5 Å². The number of anilines is 1. The SMILES string of the molecule is COc1ccc(CC(=O)Nc2ccc(C(=O)NCCNC(=O)c3cccs3)cc2)cc1OC. The highest BCUT2D eigenvalue weighted by Gasteiger charge is 2.10. The monoisotopic (exact) mass is 467 g/mol. The van der Waals surface area contributed by atoms with Crippen LogP contribution in [0, 0.1) is 0 Å². The number of hydrogen-bond donors (Lipinski definition) is 3. The Balaban J connectivity index is 1.44. The van der Waals surface area contributed by atoms with Crippen molar-refractivity contribution in [1.29, 1.82) is 0 Å². The third-order valence-electron chi connectivity index (χ3n) is 4.68. The lowest BCUT2D eigenvalue weighted by Crippen LogP contribution is -2.34. The van der Waals surface area contributed by atoms with Gasteiger partial charge in [0, 0.05) is 24.3 Å². The van der Waals surface area contributed by atoms with E-state index in [4.69, 9.17) is 9.47 Å². The first kappa shape index (κ1) is 23.8. The Bertz CT molecular complexity index is 1100. The van der Waals surface area contributed by atoms with Gasteiger partial charge in [-0.15, -0.1) is 11.3 Å². The molecule has 0 unspecified atom stereocenters. The fourth-order valence-corrected chi connectivity index (χ4v) is 3.68. The van der Waals surface area contributed by atoms with E-state index >= 15 is 0 Å². The van der Waals surface area contributed by atoms with E-state index < -0.39 is 0 Å². The average Bonchev–Trinajstić information content (AvgIpc) is 3.37. The minimum Gasteiger partial charge on any atom is -0.493 e. The molecule has 8 nitrogen and oxygen atoms in total. The maximum absolute atomic E-state index is 12.4. The summed E-state index contributed by atoms with van der Waals surface area (Å²) in [6, 6.07) is 15.5. The number of ether oxygens (including phenoxy) is 2.